The summed E-state index contributed by atoms with van der Waals surface area (Å²) < 4.78 is 3.78. The molecule has 1 aliphatic carbocycles. The molecule has 2 aromatic heterocycles. The molecule has 0 aliphatic heterocycles. The fourth-order valence-electron chi connectivity index (χ4n) is 6.73. The zero-order chi connectivity index (χ0) is 32.9. The fraction of sp³-hybridized carbons (Fsp3) is 0.175. The van der Waals surface area contributed by atoms with Gasteiger partial charge >= 0.3 is 5.97 Å². The van der Waals surface area contributed by atoms with Crippen LogP contribution >= 0.6 is 0 Å². The van der Waals surface area contributed by atoms with Crippen LogP contribution in [0.1, 0.15) is 59.1 Å². The van der Waals surface area contributed by atoms with Crippen LogP contribution in [0, 0.1) is 0 Å². The molecule has 7 rings (SSSR count). The highest BCUT2D eigenvalue weighted by molar-refractivity contribution is 5.85. The summed E-state index contributed by atoms with van der Waals surface area (Å²) in [6, 6.07) is 39.2. The van der Waals surface area contributed by atoms with Gasteiger partial charge in [0, 0.05) is 11.3 Å². The molecule has 0 saturated heterocycles. The van der Waals surface area contributed by atoms with Crippen LogP contribution in [-0.2, 0) is 18.5 Å². The summed E-state index contributed by atoms with van der Waals surface area (Å²) in [5, 5.41) is 27.6. The maximum Gasteiger partial charge on any atom is 0.356 e. The number of aromatic nitrogens is 6. The highest BCUT2D eigenvalue weighted by atomic mass is 16.4. The number of carboxylic acids is 1. The van der Waals surface area contributed by atoms with Crippen molar-refractivity contribution in [2.45, 2.75) is 44.7 Å². The van der Waals surface area contributed by atoms with E-state index in [0.29, 0.717) is 12.4 Å². The van der Waals surface area contributed by atoms with Gasteiger partial charge in [-0.25, -0.2) is 9.48 Å². The minimum absolute atomic E-state index is 0.0725. The Hall–Kier alpha value is -5.89. The largest absolute Gasteiger partial charge is 0.476 e. The van der Waals surface area contributed by atoms with E-state index in [0.717, 1.165) is 70.3 Å². The zero-order valence-electron chi connectivity index (χ0n) is 26.8. The maximum atomic E-state index is 11.6. The minimum Gasteiger partial charge on any atom is -0.476 e. The molecule has 0 bridgehead atoms. The van der Waals surface area contributed by atoms with Gasteiger partial charge in [-0.3, -0.25) is 4.68 Å². The Balaban J connectivity index is 1.33. The normalized spacial score (nSPS) is 13.0. The Labute approximate surface area is 279 Å². The van der Waals surface area contributed by atoms with E-state index < -0.39 is 11.5 Å². The first-order chi connectivity index (χ1) is 23.6. The number of nitrogens with zero attached hydrogens (tertiary/aromatic N) is 6. The van der Waals surface area contributed by atoms with E-state index in [2.05, 4.69) is 120 Å². The quantitative estimate of drug-likeness (QED) is 0.156. The summed E-state index contributed by atoms with van der Waals surface area (Å²) in [4.78, 5) is 11.6. The van der Waals surface area contributed by atoms with Gasteiger partial charge in [-0.15, -0.1) is 5.10 Å². The monoisotopic (exact) mass is 632 g/mol. The third-order valence-electron chi connectivity index (χ3n) is 8.94. The van der Waals surface area contributed by atoms with E-state index in [9.17, 15) is 9.90 Å². The number of aromatic carboxylic acids is 1. The van der Waals surface area contributed by atoms with Crippen molar-refractivity contribution in [3.05, 3.63) is 167 Å². The standard InChI is InChI=1S/C40H36N6O2/c1-2-14-34-27-37(39(47)48)42-45(34)28-29-23-25-30(26-24-29)35-21-12-13-22-36(35)38-41-43-44-46(38)40(31-15-6-3-7-16-31,32-17-8-4-9-18-32)33-19-10-5-11-20-33/h3-4,6-10,12-13,15-27H,2,5,11,14,28H2,1H3,(H,47,48). The Morgan fingerprint density at radius 2 is 1.50 bits per heavy atom. The lowest BCUT2D eigenvalue weighted by Gasteiger charge is -2.38. The lowest BCUT2D eigenvalue weighted by atomic mass is 9.75. The molecule has 0 unspecified atom stereocenters. The van der Waals surface area contributed by atoms with Crippen LogP contribution in [0.4, 0.5) is 0 Å². The predicted molar refractivity (Wildman–Crippen MR) is 186 cm³/mol. The minimum atomic E-state index is -1.01. The van der Waals surface area contributed by atoms with Crippen molar-refractivity contribution in [2.24, 2.45) is 0 Å². The summed E-state index contributed by atoms with van der Waals surface area (Å²) >= 11 is 0. The Kier molecular flexibility index (Phi) is 8.62. The summed E-state index contributed by atoms with van der Waals surface area (Å²) in [6.45, 7) is 2.56. The number of tetrazole rings is 1. The summed E-state index contributed by atoms with van der Waals surface area (Å²) in [7, 11) is 0. The number of aryl methyl sites for hydroxylation is 1. The van der Waals surface area contributed by atoms with Gasteiger partial charge in [0.25, 0.3) is 0 Å². The molecule has 238 valence electrons. The SMILES string of the molecule is CCCc1cc(C(=O)O)nn1Cc1ccc(-c2ccccc2-c2nnnn2C(C2=CCCC=C2)(c2ccccc2)c2ccccc2)cc1. The second-order valence-corrected chi connectivity index (χ2v) is 12.0. The third kappa shape index (κ3) is 5.66. The molecule has 1 aliphatic rings. The van der Waals surface area contributed by atoms with E-state index in [1.165, 1.54) is 0 Å². The van der Waals surface area contributed by atoms with Gasteiger partial charge in [-0.05, 0) is 69.1 Å². The lowest BCUT2D eigenvalue weighted by Crippen LogP contribution is -2.40. The second kappa shape index (κ2) is 13.5. The van der Waals surface area contributed by atoms with Gasteiger partial charge in [0.05, 0.1) is 6.54 Å². The van der Waals surface area contributed by atoms with Crippen molar-refractivity contribution in [2.75, 3.05) is 0 Å². The van der Waals surface area contributed by atoms with Gasteiger partial charge in [0.15, 0.2) is 11.5 Å². The van der Waals surface area contributed by atoms with Crippen LogP contribution in [0.15, 0.2) is 139 Å². The van der Waals surface area contributed by atoms with Crippen molar-refractivity contribution in [3.8, 4) is 22.5 Å². The van der Waals surface area contributed by atoms with E-state index in [1.54, 1.807) is 10.7 Å². The number of hydrogen-bond acceptors (Lipinski definition) is 5. The van der Waals surface area contributed by atoms with Crippen LogP contribution in [0.3, 0.4) is 0 Å². The predicted octanol–water partition coefficient (Wildman–Crippen LogP) is 7.97. The van der Waals surface area contributed by atoms with Crippen LogP contribution < -0.4 is 0 Å². The number of carbonyl (C=O) groups is 1. The molecule has 8 heteroatoms. The van der Waals surface area contributed by atoms with Crippen LogP contribution in [0.25, 0.3) is 22.5 Å². The van der Waals surface area contributed by atoms with Gasteiger partial charge in [-0.1, -0.05) is 141 Å². The number of rotatable bonds is 11. The molecule has 4 aromatic carbocycles. The van der Waals surface area contributed by atoms with Crippen LogP contribution in [0.2, 0.25) is 0 Å². The Bertz CT molecular complexity index is 2050. The van der Waals surface area contributed by atoms with Gasteiger partial charge < -0.3 is 5.11 Å². The molecule has 8 nitrogen and oxygen atoms in total. The molecule has 0 saturated carbocycles. The first kappa shape index (κ1) is 30.7. The van der Waals surface area contributed by atoms with E-state index in [-0.39, 0.29) is 5.69 Å². The molecule has 1 N–H and O–H groups in total. The fourth-order valence-corrected chi connectivity index (χ4v) is 6.73. The smallest absolute Gasteiger partial charge is 0.356 e. The van der Waals surface area contributed by atoms with Crippen molar-refractivity contribution in [1.29, 1.82) is 0 Å². The summed E-state index contributed by atoms with van der Waals surface area (Å²) in [5.41, 5.74) is 7.39. The first-order valence-corrected chi connectivity index (χ1v) is 16.4. The van der Waals surface area contributed by atoms with E-state index >= 15 is 0 Å². The Morgan fingerprint density at radius 3 is 2.12 bits per heavy atom. The highest BCUT2D eigenvalue weighted by Crippen LogP contribution is 2.45. The number of carboxylic acid groups (broad SMARTS) is 1. The number of hydrogen-bond donors (Lipinski definition) is 1. The molecule has 0 fully saturated rings. The van der Waals surface area contributed by atoms with Gasteiger partial charge in [-0.2, -0.15) is 5.10 Å². The second-order valence-electron chi connectivity index (χ2n) is 12.0. The van der Waals surface area contributed by atoms with Crippen molar-refractivity contribution < 1.29 is 9.90 Å². The summed E-state index contributed by atoms with van der Waals surface area (Å²) in [5.74, 6) is -0.357. The molecular formula is C40H36N6O2. The molecule has 0 amide bonds. The van der Waals surface area contributed by atoms with Crippen molar-refractivity contribution in [1.82, 2.24) is 30.0 Å². The van der Waals surface area contributed by atoms with E-state index in [4.69, 9.17) is 10.3 Å². The van der Waals surface area contributed by atoms with Crippen LogP contribution in [-0.4, -0.2) is 41.1 Å². The maximum absolute atomic E-state index is 11.6. The topological polar surface area (TPSA) is 98.7 Å². The van der Waals surface area contributed by atoms with Crippen molar-refractivity contribution in [3.63, 3.8) is 0 Å². The zero-order valence-corrected chi connectivity index (χ0v) is 26.8. The van der Waals surface area contributed by atoms with Gasteiger partial charge in [0.2, 0.25) is 0 Å². The average molecular weight is 633 g/mol. The van der Waals surface area contributed by atoms with Crippen LogP contribution in [0.5, 0.6) is 0 Å². The Morgan fingerprint density at radius 1 is 0.833 bits per heavy atom. The number of allylic oxidation sites excluding steroid dienone is 4. The molecule has 48 heavy (non-hydrogen) atoms. The summed E-state index contributed by atoms with van der Waals surface area (Å²) in [6.07, 6.45) is 10.3. The van der Waals surface area contributed by atoms with Gasteiger partial charge in [0.1, 0.15) is 5.54 Å². The van der Waals surface area contributed by atoms with Crippen molar-refractivity contribution >= 4 is 5.97 Å². The third-order valence-corrected chi connectivity index (χ3v) is 8.94. The lowest BCUT2D eigenvalue weighted by molar-refractivity contribution is 0.0689. The molecular weight excluding hydrogens is 596 g/mol. The molecule has 0 radical (unpaired) electrons. The molecule has 2 heterocycles. The average Bonchev–Trinajstić information content (AvgIpc) is 3.79. The molecule has 6 aromatic rings. The highest BCUT2D eigenvalue weighted by Gasteiger charge is 2.43. The molecule has 0 spiro atoms. The van der Waals surface area contributed by atoms with E-state index in [1.807, 2.05) is 28.9 Å². The first-order valence-electron chi connectivity index (χ1n) is 16.4. The molecule has 0 atom stereocenters. The number of benzene rings is 4.